The van der Waals surface area contributed by atoms with Crippen molar-refractivity contribution in [3.8, 4) is 0 Å². The van der Waals surface area contributed by atoms with E-state index in [0.29, 0.717) is 19.6 Å². The zero-order valence-electron chi connectivity index (χ0n) is 37.3. The van der Waals surface area contributed by atoms with Crippen molar-refractivity contribution < 1.29 is 23.9 Å². The van der Waals surface area contributed by atoms with Crippen molar-refractivity contribution in [1.29, 1.82) is 0 Å². The third-order valence-corrected chi connectivity index (χ3v) is 11.3. The van der Waals surface area contributed by atoms with E-state index < -0.39 is 12.0 Å². The predicted molar refractivity (Wildman–Crippen MR) is 236 cm³/mol. The molecule has 1 N–H and O–H groups in total. The fraction of sp³-hybridized carbons (Fsp3) is 0.939. The van der Waals surface area contributed by atoms with Crippen molar-refractivity contribution in [2.45, 2.75) is 284 Å². The molecule has 0 spiro atoms. The predicted octanol–water partition coefficient (Wildman–Crippen LogP) is 15.2. The van der Waals surface area contributed by atoms with E-state index in [4.69, 9.17) is 9.47 Å². The third kappa shape index (κ3) is 41.9. The quantitative estimate of drug-likeness (QED) is 0.0492. The number of rotatable bonds is 45. The lowest BCUT2D eigenvalue weighted by atomic mass is 10.0. The maximum Gasteiger partial charge on any atom is 0.328 e. The molecule has 326 valence electrons. The Morgan fingerprint density at radius 2 is 0.655 bits per heavy atom. The Bertz CT molecular complexity index is 817. The molecule has 0 saturated carbocycles. The van der Waals surface area contributed by atoms with Gasteiger partial charge >= 0.3 is 11.9 Å². The lowest BCUT2D eigenvalue weighted by Crippen LogP contribution is -2.42. The lowest BCUT2D eigenvalue weighted by molar-refractivity contribution is -0.149. The largest absolute Gasteiger partial charge is 0.466 e. The van der Waals surface area contributed by atoms with Gasteiger partial charge in [-0.1, -0.05) is 239 Å². The first kappa shape index (κ1) is 53.4. The second-order valence-corrected chi connectivity index (χ2v) is 16.8. The SMILES string of the molecule is CCCCCCCCCCCCCCCCOC(=O)CCC(NC(=O)CCCCCCCCCCC)C(=O)OCCCCCCCCCCCCCCCC. The van der Waals surface area contributed by atoms with Crippen LogP contribution in [0.25, 0.3) is 0 Å². The molecular formula is C49H95NO5. The van der Waals surface area contributed by atoms with E-state index >= 15 is 0 Å². The molecule has 1 unspecified atom stereocenters. The third-order valence-electron chi connectivity index (χ3n) is 11.3. The average molecular weight is 778 g/mol. The van der Waals surface area contributed by atoms with Gasteiger partial charge in [0, 0.05) is 12.8 Å². The highest BCUT2D eigenvalue weighted by Gasteiger charge is 2.23. The van der Waals surface area contributed by atoms with E-state index in [2.05, 4.69) is 26.1 Å². The molecule has 0 aromatic carbocycles. The molecule has 0 rings (SSSR count). The van der Waals surface area contributed by atoms with Crippen LogP contribution in [0.2, 0.25) is 0 Å². The molecule has 0 aliphatic carbocycles. The normalized spacial score (nSPS) is 11.8. The van der Waals surface area contributed by atoms with Crippen molar-refractivity contribution in [1.82, 2.24) is 5.32 Å². The van der Waals surface area contributed by atoms with Gasteiger partial charge in [-0.25, -0.2) is 4.79 Å². The zero-order valence-corrected chi connectivity index (χ0v) is 37.3. The Hall–Kier alpha value is -1.59. The Labute approximate surface area is 343 Å². The van der Waals surface area contributed by atoms with Crippen LogP contribution in [0.3, 0.4) is 0 Å². The van der Waals surface area contributed by atoms with Crippen molar-refractivity contribution in [3.05, 3.63) is 0 Å². The molecule has 6 nitrogen and oxygen atoms in total. The van der Waals surface area contributed by atoms with E-state index in [1.54, 1.807) is 0 Å². The number of carbonyl (C=O) groups excluding carboxylic acids is 3. The minimum absolute atomic E-state index is 0.107. The molecule has 1 amide bonds. The molecular weight excluding hydrogens is 683 g/mol. The first-order valence-electron chi connectivity index (χ1n) is 24.7. The van der Waals surface area contributed by atoms with Gasteiger partial charge in [0.1, 0.15) is 6.04 Å². The van der Waals surface area contributed by atoms with Crippen LogP contribution in [0, 0.1) is 0 Å². The molecule has 55 heavy (non-hydrogen) atoms. The minimum atomic E-state index is -0.800. The van der Waals surface area contributed by atoms with Crippen LogP contribution < -0.4 is 5.32 Å². The summed E-state index contributed by atoms with van der Waals surface area (Å²) in [5.41, 5.74) is 0. The van der Waals surface area contributed by atoms with Crippen LogP contribution in [0.1, 0.15) is 278 Å². The number of nitrogens with one attached hydrogen (secondary N) is 1. The summed E-state index contributed by atoms with van der Waals surface area (Å²) in [5, 5.41) is 2.90. The molecule has 6 heteroatoms. The van der Waals surface area contributed by atoms with E-state index in [1.165, 1.54) is 193 Å². The van der Waals surface area contributed by atoms with Gasteiger partial charge in [-0.15, -0.1) is 0 Å². The molecule has 1 atom stereocenters. The van der Waals surface area contributed by atoms with Gasteiger partial charge < -0.3 is 14.8 Å². The maximum absolute atomic E-state index is 13.1. The summed E-state index contributed by atoms with van der Waals surface area (Å²) in [7, 11) is 0. The van der Waals surface area contributed by atoms with Gasteiger partial charge in [0.05, 0.1) is 13.2 Å². The number of amides is 1. The summed E-state index contributed by atoms with van der Waals surface area (Å²) in [6, 6.07) is -0.800. The molecule has 0 fully saturated rings. The second kappa shape index (κ2) is 45.1. The van der Waals surface area contributed by atoms with Gasteiger partial charge in [0.15, 0.2) is 0 Å². The van der Waals surface area contributed by atoms with Crippen molar-refractivity contribution in [3.63, 3.8) is 0 Å². The fourth-order valence-corrected chi connectivity index (χ4v) is 7.50. The number of esters is 2. The maximum atomic E-state index is 13.1. The van der Waals surface area contributed by atoms with Gasteiger partial charge in [-0.2, -0.15) is 0 Å². The Balaban J connectivity index is 4.27. The molecule has 0 aromatic heterocycles. The lowest BCUT2D eigenvalue weighted by Gasteiger charge is -2.18. The number of unbranched alkanes of at least 4 members (excludes halogenated alkanes) is 34. The number of ether oxygens (including phenoxy) is 2. The van der Waals surface area contributed by atoms with Crippen molar-refractivity contribution in [2.24, 2.45) is 0 Å². The first-order valence-corrected chi connectivity index (χ1v) is 24.7. The van der Waals surface area contributed by atoms with E-state index in [1.807, 2.05) is 0 Å². The number of hydrogen-bond donors (Lipinski definition) is 1. The van der Waals surface area contributed by atoms with Crippen molar-refractivity contribution in [2.75, 3.05) is 13.2 Å². The van der Waals surface area contributed by atoms with Crippen LogP contribution in [0.4, 0.5) is 0 Å². The van der Waals surface area contributed by atoms with Crippen LogP contribution in [-0.4, -0.2) is 37.1 Å². The second-order valence-electron chi connectivity index (χ2n) is 16.8. The summed E-state index contributed by atoms with van der Waals surface area (Å²) in [6.07, 6.45) is 47.4. The Kier molecular flexibility index (Phi) is 43.8. The topological polar surface area (TPSA) is 81.7 Å². The smallest absolute Gasteiger partial charge is 0.328 e. The average Bonchev–Trinajstić information content (AvgIpc) is 3.18. The number of hydrogen-bond acceptors (Lipinski definition) is 5. The van der Waals surface area contributed by atoms with Crippen LogP contribution in [0.5, 0.6) is 0 Å². The molecule has 0 heterocycles. The van der Waals surface area contributed by atoms with Crippen LogP contribution >= 0.6 is 0 Å². The molecule has 0 radical (unpaired) electrons. The molecule has 0 aliphatic heterocycles. The number of carbonyl (C=O) groups is 3. The summed E-state index contributed by atoms with van der Waals surface area (Å²) in [5.74, 6) is -0.847. The standard InChI is InChI=1S/C49H95NO5/c1-4-7-10-13-16-19-21-23-25-27-30-33-36-39-44-54-48(52)43-42-46(50-47(51)41-38-35-32-29-18-15-12-9-6-3)49(53)55-45-40-37-34-31-28-26-24-22-20-17-14-11-8-5-2/h46H,4-45H2,1-3H3,(H,50,51). The summed E-state index contributed by atoms with van der Waals surface area (Å²) >= 11 is 0. The minimum Gasteiger partial charge on any atom is -0.466 e. The van der Waals surface area contributed by atoms with Crippen LogP contribution in [-0.2, 0) is 23.9 Å². The monoisotopic (exact) mass is 778 g/mol. The summed E-state index contributed by atoms with van der Waals surface area (Å²) < 4.78 is 11.1. The van der Waals surface area contributed by atoms with E-state index in [0.717, 1.165) is 44.9 Å². The zero-order chi connectivity index (χ0) is 40.1. The molecule has 0 bridgehead atoms. The van der Waals surface area contributed by atoms with Gasteiger partial charge in [0.2, 0.25) is 5.91 Å². The summed E-state index contributed by atoms with van der Waals surface area (Å²) in [6.45, 7) is 7.58. The van der Waals surface area contributed by atoms with Gasteiger partial charge in [-0.05, 0) is 25.7 Å². The summed E-state index contributed by atoms with van der Waals surface area (Å²) in [4.78, 5) is 38.4. The van der Waals surface area contributed by atoms with Crippen molar-refractivity contribution >= 4 is 17.8 Å². The Morgan fingerprint density at radius 1 is 0.364 bits per heavy atom. The highest BCUT2D eigenvalue weighted by atomic mass is 16.5. The Morgan fingerprint density at radius 3 is 1.00 bits per heavy atom. The molecule has 0 saturated heterocycles. The van der Waals surface area contributed by atoms with Crippen LogP contribution in [0.15, 0.2) is 0 Å². The fourth-order valence-electron chi connectivity index (χ4n) is 7.50. The molecule has 0 aliphatic rings. The van der Waals surface area contributed by atoms with E-state index in [-0.39, 0.29) is 24.7 Å². The first-order chi connectivity index (χ1) is 27.0. The highest BCUT2D eigenvalue weighted by Crippen LogP contribution is 2.16. The van der Waals surface area contributed by atoms with Gasteiger partial charge in [-0.3, -0.25) is 9.59 Å². The molecule has 0 aromatic rings. The van der Waals surface area contributed by atoms with E-state index in [9.17, 15) is 14.4 Å². The van der Waals surface area contributed by atoms with Gasteiger partial charge in [0.25, 0.3) is 0 Å². The highest BCUT2D eigenvalue weighted by molar-refractivity contribution is 5.85.